The second-order valence-electron chi connectivity index (χ2n) is 13.3. The fraction of sp³-hybridized carbons (Fsp3) is 0.743. The Bertz CT molecular complexity index is 788. The Kier molecular flexibility index (Phi) is 16.0. The molecule has 0 radical (unpaired) electrons. The highest BCUT2D eigenvalue weighted by Gasteiger charge is 2.26. The predicted molar refractivity (Wildman–Crippen MR) is 165 cm³/mol. The molecular weight excluding hydrogens is 468 g/mol. The zero-order chi connectivity index (χ0) is 28.6. The first-order valence-electron chi connectivity index (χ1n) is 15.7. The number of phenols is 1. The minimum absolute atomic E-state index is 0.0186. The lowest BCUT2D eigenvalue weighted by molar-refractivity contribution is -0.143. The molecule has 3 nitrogen and oxygen atoms in total. The van der Waals surface area contributed by atoms with Crippen LogP contribution in [0.15, 0.2) is 18.2 Å². The quantitative estimate of drug-likeness (QED) is 0.117. The number of rotatable bonds is 18. The third kappa shape index (κ3) is 13.9. The third-order valence-corrected chi connectivity index (χ3v) is 7.53. The number of hydrogen-bond acceptors (Lipinski definition) is 3. The molecule has 0 fully saturated rings. The number of carbonyl (C=O) groups is 1. The highest BCUT2D eigenvalue weighted by Crippen LogP contribution is 2.40. The van der Waals surface area contributed by atoms with E-state index in [1.165, 1.54) is 83.1 Å². The van der Waals surface area contributed by atoms with Crippen molar-refractivity contribution < 1.29 is 14.6 Å². The van der Waals surface area contributed by atoms with E-state index in [2.05, 4.69) is 55.4 Å². The van der Waals surface area contributed by atoms with E-state index in [1.807, 2.05) is 18.2 Å². The van der Waals surface area contributed by atoms with Gasteiger partial charge in [-0.3, -0.25) is 0 Å². The van der Waals surface area contributed by atoms with E-state index in [0.717, 1.165) is 36.0 Å². The topological polar surface area (TPSA) is 46.5 Å². The van der Waals surface area contributed by atoms with Gasteiger partial charge in [-0.05, 0) is 53.9 Å². The second kappa shape index (κ2) is 17.7. The molecule has 3 heteroatoms. The minimum atomic E-state index is -0.283. The maximum atomic E-state index is 12.6. The summed E-state index contributed by atoms with van der Waals surface area (Å²) < 4.78 is 5.77. The maximum Gasteiger partial charge on any atom is 0.331 e. The maximum absolute atomic E-state index is 12.6. The third-order valence-electron chi connectivity index (χ3n) is 7.53. The van der Waals surface area contributed by atoms with Crippen molar-refractivity contribution in [3.63, 3.8) is 0 Å². The first kappa shape index (κ1) is 34.3. The molecule has 0 amide bonds. The number of benzene rings is 1. The number of phenolic OH excluding ortho intramolecular Hbond substituents is 1. The van der Waals surface area contributed by atoms with Crippen LogP contribution in [-0.2, 0) is 20.4 Å². The number of aromatic hydroxyl groups is 1. The van der Waals surface area contributed by atoms with Crippen molar-refractivity contribution in [2.45, 2.75) is 169 Å². The standard InChI is InChI=1S/C35H60O3/c1-9-11-12-13-14-15-16-17-18-19-20-21-22-23-29(10-2)38-32(36)25-24-28-26-30(34(3,4)5)33(37)31(27-28)35(6,7)8/h24-27,29,37H,9-23H2,1-8H3. The molecule has 0 aliphatic carbocycles. The van der Waals surface area contributed by atoms with E-state index >= 15 is 0 Å². The summed E-state index contributed by atoms with van der Waals surface area (Å²) in [5, 5.41) is 10.9. The Labute approximate surface area is 235 Å². The van der Waals surface area contributed by atoms with Gasteiger partial charge in [0.05, 0.1) is 0 Å². The SMILES string of the molecule is CCCCCCCCCCCCCCCC(CC)OC(=O)C=Cc1cc(C(C)(C)C)c(O)c(C(C)(C)C)c1. The molecule has 0 spiro atoms. The summed E-state index contributed by atoms with van der Waals surface area (Å²) in [5.41, 5.74) is 2.31. The van der Waals surface area contributed by atoms with Gasteiger partial charge in [-0.1, -0.05) is 132 Å². The molecule has 38 heavy (non-hydrogen) atoms. The van der Waals surface area contributed by atoms with Crippen LogP contribution in [0.5, 0.6) is 5.75 Å². The summed E-state index contributed by atoms with van der Waals surface area (Å²) in [6.45, 7) is 16.9. The van der Waals surface area contributed by atoms with E-state index in [9.17, 15) is 9.90 Å². The Morgan fingerprint density at radius 1 is 0.763 bits per heavy atom. The van der Waals surface area contributed by atoms with Crippen LogP contribution in [0, 0.1) is 0 Å². The molecule has 0 aromatic heterocycles. The summed E-state index contributed by atoms with van der Waals surface area (Å²) in [6.07, 6.45) is 22.6. The number of ether oxygens (including phenoxy) is 1. The molecular formula is C35H60O3. The number of carbonyl (C=O) groups excluding carboxylic acids is 1. The lowest BCUT2D eigenvalue weighted by atomic mass is 9.78. The van der Waals surface area contributed by atoms with Crippen LogP contribution < -0.4 is 0 Å². The highest BCUT2D eigenvalue weighted by atomic mass is 16.5. The molecule has 0 aliphatic heterocycles. The van der Waals surface area contributed by atoms with E-state index in [1.54, 1.807) is 0 Å². The van der Waals surface area contributed by atoms with Gasteiger partial charge in [0.1, 0.15) is 11.9 Å². The van der Waals surface area contributed by atoms with Crippen LogP contribution in [0.2, 0.25) is 0 Å². The van der Waals surface area contributed by atoms with Gasteiger partial charge in [0.2, 0.25) is 0 Å². The summed E-state index contributed by atoms with van der Waals surface area (Å²) in [5.74, 6) is 0.0721. The Hall–Kier alpha value is -1.77. The molecule has 218 valence electrons. The molecule has 0 aliphatic rings. The lowest BCUT2D eigenvalue weighted by Gasteiger charge is -2.27. The van der Waals surface area contributed by atoms with Gasteiger partial charge in [0.25, 0.3) is 0 Å². The summed E-state index contributed by atoms with van der Waals surface area (Å²) >= 11 is 0. The average molecular weight is 529 g/mol. The van der Waals surface area contributed by atoms with E-state index in [4.69, 9.17) is 4.74 Å². The zero-order valence-corrected chi connectivity index (χ0v) is 26.3. The molecule has 1 aromatic carbocycles. The highest BCUT2D eigenvalue weighted by molar-refractivity contribution is 5.87. The largest absolute Gasteiger partial charge is 0.507 e. The molecule has 1 atom stereocenters. The van der Waals surface area contributed by atoms with Gasteiger partial charge in [-0.15, -0.1) is 0 Å². The fourth-order valence-corrected chi connectivity index (χ4v) is 5.00. The molecule has 0 saturated carbocycles. The molecule has 0 heterocycles. The van der Waals surface area contributed by atoms with Crippen molar-refractivity contribution in [2.75, 3.05) is 0 Å². The summed E-state index contributed by atoms with van der Waals surface area (Å²) in [4.78, 5) is 12.6. The number of esters is 1. The van der Waals surface area contributed by atoms with E-state index in [-0.39, 0.29) is 22.9 Å². The van der Waals surface area contributed by atoms with Gasteiger partial charge in [-0.2, -0.15) is 0 Å². The van der Waals surface area contributed by atoms with Crippen LogP contribution >= 0.6 is 0 Å². The normalized spacial score (nSPS) is 13.3. The average Bonchev–Trinajstić information content (AvgIpc) is 2.84. The smallest absolute Gasteiger partial charge is 0.331 e. The summed E-state index contributed by atoms with van der Waals surface area (Å²) in [7, 11) is 0. The Morgan fingerprint density at radius 2 is 1.18 bits per heavy atom. The van der Waals surface area contributed by atoms with Crippen LogP contribution in [0.25, 0.3) is 6.08 Å². The lowest BCUT2D eigenvalue weighted by Crippen LogP contribution is -2.17. The Morgan fingerprint density at radius 3 is 1.58 bits per heavy atom. The predicted octanol–water partition coefficient (Wildman–Crippen LogP) is 10.8. The van der Waals surface area contributed by atoms with Crippen LogP contribution in [0.3, 0.4) is 0 Å². The number of hydrogen-bond donors (Lipinski definition) is 1. The molecule has 1 aromatic rings. The summed E-state index contributed by atoms with van der Waals surface area (Å²) in [6, 6.07) is 3.97. The molecule has 0 bridgehead atoms. The van der Waals surface area contributed by atoms with E-state index < -0.39 is 0 Å². The zero-order valence-electron chi connectivity index (χ0n) is 26.3. The first-order chi connectivity index (χ1) is 17.9. The minimum Gasteiger partial charge on any atom is -0.507 e. The van der Waals surface area contributed by atoms with Crippen molar-refractivity contribution in [1.82, 2.24) is 0 Å². The van der Waals surface area contributed by atoms with Crippen molar-refractivity contribution in [3.05, 3.63) is 34.9 Å². The van der Waals surface area contributed by atoms with E-state index in [0.29, 0.717) is 5.75 Å². The second-order valence-corrected chi connectivity index (χ2v) is 13.3. The van der Waals surface area contributed by atoms with Crippen LogP contribution in [-0.4, -0.2) is 17.2 Å². The monoisotopic (exact) mass is 528 g/mol. The van der Waals surface area contributed by atoms with Gasteiger partial charge in [0, 0.05) is 17.2 Å². The first-order valence-corrected chi connectivity index (χ1v) is 15.7. The van der Waals surface area contributed by atoms with Crippen molar-refractivity contribution in [3.8, 4) is 5.75 Å². The molecule has 0 saturated heterocycles. The molecule has 1 N–H and O–H groups in total. The van der Waals surface area contributed by atoms with Crippen LogP contribution in [0.1, 0.15) is 168 Å². The van der Waals surface area contributed by atoms with Crippen molar-refractivity contribution in [1.29, 1.82) is 0 Å². The van der Waals surface area contributed by atoms with Gasteiger partial charge in [0.15, 0.2) is 0 Å². The van der Waals surface area contributed by atoms with Gasteiger partial charge >= 0.3 is 5.97 Å². The van der Waals surface area contributed by atoms with Gasteiger partial charge < -0.3 is 9.84 Å². The van der Waals surface area contributed by atoms with Crippen molar-refractivity contribution in [2.24, 2.45) is 0 Å². The molecule has 1 rings (SSSR count). The van der Waals surface area contributed by atoms with Crippen molar-refractivity contribution >= 4 is 12.0 Å². The number of unbranched alkanes of at least 4 members (excludes halogenated alkanes) is 12. The van der Waals surface area contributed by atoms with Crippen LogP contribution in [0.4, 0.5) is 0 Å². The molecule has 1 unspecified atom stereocenters. The Balaban J connectivity index is 2.43. The fourth-order valence-electron chi connectivity index (χ4n) is 5.00. The van der Waals surface area contributed by atoms with Gasteiger partial charge in [-0.25, -0.2) is 4.79 Å².